The second-order valence-electron chi connectivity index (χ2n) is 7.01. The fourth-order valence-corrected chi connectivity index (χ4v) is 4.18. The number of nitrogens with zero attached hydrogens (tertiary/aromatic N) is 2. The highest BCUT2D eigenvalue weighted by Crippen LogP contribution is 2.24. The molecule has 0 aliphatic rings. The molecular weight excluding hydrogens is 398 g/mol. The van der Waals surface area contributed by atoms with Crippen molar-refractivity contribution in [3.8, 4) is 11.5 Å². The number of carbonyl (C=O) groups excluding carboxylic acids is 1. The zero-order valence-corrected chi connectivity index (χ0v) is 17.7. The number of aromatic nitrogens is 2. The Bertz CT molecular complexity index is 1260. The lowest BCUT2D eigenvalue weighted by molar-refractivity contribution is -0.118. The number of anilines is 1. The van der Waals surface area contributed by atoms with Gasteiger partial charge in [-0.15, -0.1) is 11.3 Å². The topological polar surface area (TPSA) is 73.2 Å². The first-order valence-corrected chi connectivity index (χ1v) is 10.4. The number of thiophene rings is 1. The molecule has 0 fully saturated rings. The van der Waals surface area contributed by atoms with E-state index in [1.807, 2.05) is 43.3 Å². The smallest absolute Gasteiger partial charge is 0.263 e. The van der Waals surface area contributed by atoms with E-state index in [0.29, 0.717) is 27.5 Å². The molecule has 0 saturated heterocycles. The molecule has 4 rings (SSSR count). The standard InChI is InChI=1S/C23H21N3O3S/c1-14-13-20-22(30-14)24-16(3)26(23(20)28)15(2)21(27)25-17-9-11-19(12-10-17)29-18-7-5-4-6-8-18/h4-13,15H,1-3H3,(H,25,27). The van der Waals surface area contributed by atoms with E-state index >= 15 is 0 Å². The Labute approximate surface area is 177 Å². The van der Waals surface area contributed by atoms with Gasteiger partial charge in [0.2, 0.25) is 5.91 Å². The van der Waals surface area contributed by atoms with Crippen molar-refractivity contribution < 1.29 is 9.53 Å². The van der Waals surface area contributed by atoms with E-state index in [2.05, 4.69) is 10.3 Å². The number of carbonyl (C=O) groups is 1. The third-order valence-corrected chi connectivity index (χ3v) is 5.71. The molecule has 1 unspecified atom stereocenters. The van der Waals surface area contributed by atoms with Crippen molar-refractivity contribution >= 4 is 33.1 Å². The second-order valence-corrected chi connectivity index (χ2v) is 8.25. The van der Waals surface area contributed by atoms with Crippen LogP contribution < -0.4 is 15.6 Å². The molecule has 2 heterocycles. The summed E-state index contributed by atoms with van der Waals surface area (Å²) < 4.78 is 7.21. The summed E-state index contributed by atoms with van der Waals surface area (Å²) in [5.41, 5.74) is 0.425. The first-order chi connectivity index (χ1) is 14.4. The molecule has 6 nitrogen and oxygen atoms in total. The fraction of sp³-hybridized carbons (Fsp3) is 0.174. The summed E-state index contributed by atoms with van der Waals surface area (Å²) >= 11 is 1.48. The van der Waals surface area contributed by atoms with E-state index in [1.54, 1.807) is 38.1 Å². The van der Waals surface area contributed by atoms with Crippen LogP contribution in [0.5, 0.6) is 11.5 Å². The molecule has 1 N–H and O–H groups in total. The van der Waals surface area contributed by atoms with Gasteiger partial charge in [0.1, 0.15) is 28.2 Å². The van der Waals surface area contributed by atoms with Crippen LogP contribution in [0.1, 0.15) is 23.7 Å². The molecular formula is C23H21N3O3S. The van der Waals surface area contributed by atoms with Crippen LogP contribution in [0.2, 0.25) is 0 Å². The van der Waals surface area contributed by atoms with Crippen LogP contribution in [0.3, 0.4) is 0 Å². The van der Waals surface area contributed by atoms with Crippen molar-refractivity contribution in [1.29, 1.82) is 0 Å². The molecule has 2 aromatic heterocycles. The summed E-state index contributed by atoms with van der Waals surface area (Å²) in [5, 5.41) is 3.41. The van der Waals surface area contributed by atoms with Gasteiger partial charge in [-0.2, -0.15) is 0 Å². The van der Waals surface area contributed by atoms with Crippen LogP contribution in [0.25, 0.3) is 10.2 Å². The van der Waals surface area contributed by atoms with Crippen LogP contribution in [-0.4, -0.2) is 15.5 Å². The quantitative estimate of drug-likeness (QED) is 0.490. The van der Waals surface area contributed by atoms with Gasteiger partial charge < -0.3 is 10.1 Å². The van der Waals surface area contributed by atoms with Crippen LogP contribution in [0.15, 0.2) is 65.5 Å². The minimum atomic E-state index is -0.699. The Morgan fingerprint density at radius 2 is 1.73 bits per heavy atom. The molecule has 0 bridgehead atoms. The third kappa shape index (κ3) is 3.97. The molecule has 7 heteroatoms. The molecule has 0 spiro atoms. The van der Waals surface area contributed by atoms with Gasteiger partial charge in [-0.25, -0.2) is 4.98 Å². The van der Waals surface area contributed by atoms with Gasteiger partial charge in [-0.05, 0) is 63.2 Å². The Kier molecular flexibility index (Phi) is 5.37. The predicted molar refractivity (Wildman–Crippen MR) is 120 cm³/mol. The molecule has 1 atom stereocenters. The molecule has 0 aliphatic heterocycles. The predicted octanol–water partition coefficient (Wildman–Crippen LogP) is 5.07. The maximum atomic E-state index is 12.9. The first kappa shape index (κ1) is 19.8. The molecule has 2 aromatic carbocycles. The van der Waals surface area contributed by atoms with Gasteiger partial charge in [0, 0.05) is 10.6 Å². The number of para-hydroxylation sites is 1. The maximum Gasteiger partial charge on any atom is 0.263 e. The highest BCUT2D eigenvalue weighted by molar-refractivity contribution is 7.18. The van der Waals surface area contributed by atoms with Crippen LogP contribution in [0, 0.1) is 13.8 Å². The summed E-state index contributed by atoms with van der Waals surface area (Å²) in [7, 11) is 0. The molecule has 152 valence electrons. The van der Waals surface area contributed by atoms with Crippen molar-refractivity contribution in [1.82, 2.24) is 9.55 Å². The van der Waals surface area contributed by atoms with Crippen LogP contribution in [-0.2, 0) is 4.79 Å². The SMILES string of the molecule is Cc1cc2c(=O)n(C(C)C(=O)Nc3ccc(Oc4ccccc4)cc3)c(C)nc2s1. The summed E-state index contributed by atoms with van der Waals surface area (Å²) in [6.45, 7) is 5.38. The van der Waals surface area contributed by atoms with E-state index in [1.165, 1.54) is 15.9 Å². The number of fused-ring (bicyclic) bond motifs is 1. The third-order valence-electron chi connectivity index (χ3n) is 4.76. The maximum absolute atomic E-state index is 12.9. The van der Waals surface area contributed by atoms with Crippen molar-refractivity contribution in [2.75, 3.05) is 5.32 Å². The minimum Gasteiger partial charge on any atom is -0.457 e. The largest absolute Gasteiger partial charge is 0.457 e. The number of amides is 1. The lowest BCUT2D eigenvalue weighted by Gasteiger charge is -2.17. The van der Waals surface area contributed by atoms with Crippen LogP contribution >= 0.6 is 11.3 Å². The number of benzene rings is 2. The number of nitrogens with one attached hydrogen (secondary N) is 1. The Morgan fingerprint density at radius 3 is 2.43 bits per heavy atom. The number of rotatable bonds is 5. The zero-order valence-electron chi connectivity index (χ0n) is 16.9. The Hall–Kier alpha value is -3.45. The van der Waals surface area contributed by atoms with Crippen molar-refractivity contribution in [2.24, 2.45) is 0 Å². The number of hydrogen-bond acceptors (Lipinski definition) is 5. The Morgan fingerprint density at radius 1 is 1.07 bits per heavy atom. The fourth-order valence-electron chi connectivity index (χ4n) is 3.27. The van der Waals surface area contributed by atoms with Gasteiger partial charge in [-0.3, -0.25) is 14.2 Å². The lowest BCUT2D eigenvalue weighted by Crippen LogP contribution is -2.33. The van der Waals surface area contributed by atoms with Gasteiger partial charge >= 0.3 is 0 Å². The highest BCUT2D eigenvalue weighted by atomic mass is 32.1. The molecule has 0 radical (unpaired) electrons. The average Bonchev–Trinajstić information content (AvgIpc) is 3.10. The van der Waals surface area contributed by atoms with Gasteiger partial charge in [0.05, 0.1) is 5.39 Å². The molecule has 0 saturated carbocycles. The minimum absolute atomic E-state index is 0.198. The van der Waals surface area contributed by atoms with Crippen molar-refractivity contribution in [2.45, 2.75) is 26.8 Å². The van der Waals surface area contributed by atoms with Crippen molar-refractivity contribution in [3.63, 3.8) is 0 Å². The average molecular weight is 420 g/mol. The number of aryl methyl sites for hydroxylation is 2. The van der Waals surface area contributed by atoms with Gasteiger partial charge in [-0.1, -0.05) is 18.2 Å². The van der Waals surface area contributed by atoms with E-state index in [0.717, 1.165) is 10.6 Å². The molecule has 1 amide bonds. The molecule has 4 aromatic rings. The van der Waals surface area contributed by atoms with E-state index < -0.39 is 6.04 Å². The number of hydrogen-bond donors (Lipinski definition) is 1. The first-order valence-electron chi connectivity index (χ1n) is 9.55. The molecule has 0 aliphatic carbocycles. The van der Waals surface area contributed by atoms with E-state index in [9.17, 15) is 9.59 Å². The highest BCUT2D eigenvalue weighted by Gasteiger charge is 2.21. The summed E-state index contributed by atoms with van der Waals surface area (Å²) in [5.74, 6) is 1.64. The van der Waals surface area contributed by atoms with Crippen LogP contribution in [0.4, 0.5) is 5.69 Å². The molecule has 30 heavy (non-hydrogen) atoms. The summed E-state index contributed by atoms with van der Waals surface area (Å²) in [6.07, 6.45) is 0. The normalized spacial score (nSPS) is 12.0. The van der Waals surface area contributed by atoms with E-state index in [-0.39, 0.29) is 11.5 Å². The van der Waals surface area contributed by atoms with Gasteiger partial charge in [0.25, 0.3) is 5.56 Å². The zero-order chi connectivity index (χ0) is 21.3. The monoisotopic (exact) mass is 419 g/mol. The summed E-state index contributed by atoms with van der Waals surface area (Å²) in [6, 6.07) is 17.7. The lowest BCUT2D eigenvalue weighted by atomic mass is 10.2. The van der Waals surface area contributed by atoms with Gasteiger partial charge in [0.15, 0.2) is 0 Å². The summed E-state index contributed by atoms with van der Waals surface area (Å²) in [4.78, 5) is 31.9. The number of ether oxygens (including phenoxy) is 1. The van der Waals surface area contributed by atoms with E-state index in [4.69, 9.17) is 4.74 Å². The second kappa shape index (κ2) is 8.12. The van der Waals surface area contributed by atoms with Crippen molar-refractivity contribution in [3.05, 3.63) is 81.7 Å². The Balaban J connectivity index is 1.51.